The fourth-order valence-corrected chi connectivity index (χ4v) is 1.20. The first kappa shape index (κ1) is 10.3. The van der Waals surface area contributed by atoms with Crippen molar-refractivity contribution in [1.29, 1.82) is 0 Å². The first-order valence-corrected chi connectivity index (χ1v) is 4.34. The molecule has 72 valence electrons. The predicted molar refractivity (Wildman–Crippen MR) is 50.7 cm³/mol. The summed E-state index contributed by atoms with van der Waals surface area (Å²) in [6.45, 7) is 0.689. The van der Waals surface area contributed by atoms with Crippen LogP contribution in [0.15, 0.2) is 12.1 Å². The van der Waals surface area contributed by atoms with Crippen LogP contribution in [0.2, 0.25) is 5.02 Å². The SMILES string of the molecule is CNCCc1cc(F)c(Cl)cc1O. The van der Waals surface area contributed by atoms with Gasteiger partial charge in [-0.15, -0.1) is 0 Å². The molecule has 2 N–H and O–H groups in total. The number of halogens is 2. The third-order valence-corrected chi connectivity index (χ3v) is 2.06. The number of nitrogens with one attached hydrogen (secondary N) is 1. The summed E-state index contributed by atoms with van der Waals surface area (Å²) in [4.78, 5) is 0. The van der Waals surface area contributed by atoms with Crippen LogP contribution in [0.5, 0.6) is 5.75 Å². The van der Waals surface area contributed by atoms with Crippen molar-refractivity contribution < 1.29 is 9.50 Å². The molecule has 2 nitrogen and oxygen atoms in total. The maximum Gasteiger partial charge on any atom is 0.142 e. The van der Waals surface area contributed by atoms with Crippen molar-refractivity contribution in [3.63, 3.8) is 0 Å². The van der Waals surface area contributed by atoms with Crippen LogP contribution in [-0.4, -0.2) is 18.7 Å². The third kappa shape index (κ3) is 2.57. The van der Waals surface area contributed by atoms with Crippen LogP contribution in [0.25, 0.3) is 0 Å². The molecule has 0 bridgehead atoms. The molecule has 0 fully saturated rings. The number of hydrogen-bond donors (Lipinski definition) is 2. The second-order valence-electron chi connectivity index (χ2n) is 2.75. The van der Waals surface area contributed by atoms with Crippen LogP contribution < -0.4 is 5.32 Å². The molecule has 0 saturated carbocycles. The van der Waals surface area contributed by atoms with E-state index in [2.05, 4.69) is 5.32 Å². The van der Waals surface area contributed by atoms with E-state index < -0.39 is 5.82 Å². The van der Waals surface area contributed by atoms with E-state index in [4.69, 9.17) is 11.6 Å². The first-order chi connectivity index (χ1) is 6.15. The van der Waals surface area contributed by atoms with Crippen molar-refractivity contribution >= 4 is 11.6 Å². The number of aromatic hydroxyl groups is 1. The van der Waals surface area contributed by atoms with Crippen LogP contribution in [0, 0.1) is 5.82 Å². The summed E-state index contributed by atoms with van der Waals surface area (Å²) >= 11 is 5.47. The molecule has 1 aromatic rings. The first-order valence-electron chi connectivity index (χ1n) is 3.96. The van der Waals surface area contributed by atoms with Crippen molar-refractivity contribution in [2.45, 2.75) is 6.42 Å². The fourth-order valence-electron chi connectivity index (χ4n) is 1.04. The maximum absolute atomic E-state index is 12.9. The lowest BCUT2D eigenvalue weighted by atomic mass is 10.1. The number of rotatable bonds is 3. The number of phenolic OH excluding ortho intramolecular Hbond substituents is 1. The van der Waals surface area contributed by atoms with Crippen molar-refractivity contribution in [2.24, 2.45) is 0 Å². The quantitative estimate of drug-likeness (QED) is 0.787. The molecule has 0 heterocycles. The van der Waals surface area contributed by atoms with Crippen LogP contribution in [-0.2, 0) is 6.42 Å². The Labute approximate surface area is 81.3 Å². The molecule has 1 aromatic carbocycles. The Kier molecular flexibility index (Phi) is 3.51. The monoisotopic (exact) mass is 203 g/mol. The van der Waals surface area contributed by atoms with E-state index in [0.29, 0.717) is 18.5 Å². The van der Waals surface area contributed by atoms with Gasteiger partial charge in [0.2, 0.25) is 0 Å². The van der Waals surface area contributed by atoms with Gasteiger partial charge in [-0.05, 0) is 31.6 Å². The lowest BCUT2D eigenvalue weighted by Gasteiger charge is -2.05. The van der Waals surface area contributed by atoms with E-state index in [9.17, 15) is 9.50 Å². The summed E-state index contributed by atoms with van der Waals surface area (Å²) < 4.78 is 12.9. The Morgan fingerprint density at radius 1 is 1.54 bits per heavy atom. The molecule has 0 atom stereocenters. The standard InChI is InChI=1S/C9H11ClFNO/c1-12-3-2-6-4-8(11)7(10)5-9(6)13/h4-5,12-13H,2-3H2,1H3. The highest BCUT2D eigenvalue weighted by Crippen LogP contribution is 2.25. The molecule has 0 aromatic heterocycles. The Bertz CT molecular complexity index is 304. The molecule has 0 radical (unpaired) electrons. The zero-order valence-corrected chi connectivity index (χ0v) is 8.03. The highest BCUT2D eigenvalue weighted by Gasteiger charge is 2.06. The van der Waals surface area contributed by atoms with E-state index in [1.165, 1.54) is 12.1 Å². The molecule has 0 spiro atoms. The fraction of sp³-hybridized carbons (Fsp3) is 0.333. The van der Waals surface area contributed by atoms with Gasteiger partial charge in [-0.1, -0.05) is 11.6 Å². The highest BCUT2D eigenvalue weighted by atomic mass is 35.5. The van der Waals surface area contributed by atoms with E-state index in [-0.39, 0.29) is 10.8 Å². The maximum atomic E-state index is 12.9. The molecular weight excluding hydrogens is 193 g/mol. The second-order valence-corrected chi connectivity index (χ2v) is 3.16. The van der Waals surface area contributed by atoms with Crippen LogP contribution >= 0.6 is 11.6 Å². The Morgan fingerprint density at radius 3 is 2.85 bits per heavy atom. The summed E-state index contributed by atoms with van der Waals surface area (Å²) in [5, 5.41) is 12.2. The topological polar surface area (TPSA) is 32.3 Å². The highest BCUT2D eigenvalue weighted by molar-refractivity contribution is 6.30. The molecular formula is C9H11ClFNO. The van der Waals surface area contributed by atoms with Crippen LogP contribution in [0.1, 0.15) is 5.56 Å². The van der Waals surface area contributed by atoms with Crippen molar-refractivity contribution in [3.8, 4) is 5.75 Å². The van der Waals surface area contributed by atoms with E-state index in [0.717, 1.165) is 0 Å². The Morgan fingerprint density at radius 2 is 2.23 bits per heavy atom. The van der Waals surface area contributed by atoms with E-state index in [1.807, 2.05) is 0 Å². The molecule has 13 heavy (non-hydrogen) atoms. The molecule has 0 unspecified atom stereocenters. The lowest BCUT2D eigenvalue weighted by Crippen LogP contribution is -2.10. The van der Waals surface area contributed by atoms with Gasteiger partial charge in [-0.2, -0.15) is 0 Å². The molecule has 0 aliphatic heterocycles. The van der Waals surface area contributed by atoms with Gasteiger partial charge in [-0.25, -0.2) is 4.39 Å². The van der Waals surface area contributed by atoms with Gasteiger partial charge >= 0.3 is 0 Å². The molecule has 0 aliphatic rings. The smallest absolute Gasteiger partial charge is 0.142 e. The summed E-state index contributed by atoms with van der Waals surface area (Å²) in [6.07, 6.45) is 0.580. The summed E-state index contributed by atoms with van der Waals surface area (Å²) in [5.74, 6) is -0.452. The van der Waals surface area contributed by atoms with Gasteiger partial charge in [0.05, 0.1) is 5.02 Å². The third-order valence-electron chi connectivity index (χ3n) is 1.77. The summed E-state index contributed by atoms with van der Waals surface area (Å²) in [7, 11) is 1.79. The molecule has 1 rings (SSSR count). The minimum absolute atomic E-state index is 0.0432. The van der Waals surface area contributed by atoms with Gasteiger partial charge in [0.15, 0.2) is 0 Å². The Balaban J connectivity index is 2.88. The Hall–Kier alpha value is -0.800. The largest absolute Gasteiger partial charge is 0.508 e. The normalized spacial score (nSPS) is 10.4. The van der Waals surface area contributed by atoms with Crippen LogP contribution in [0.4, 0.5) is 4.39 Å². The lowest BCUT2D eigenvalue weighted by molar-refractivity contribution is 0.465. The van der Waals surface area contributed by atoms with Crippen molar-refractivity contribution in [1.82, 2.24) is 5.32 Å². The summed E-state index contributed by atoms with van der Waals surface area (Å²) in [6, 6.07) is 2.48. The van der Waals surface area contributed by atoms with Crippen molar-refractivity contribution in [2.75, 3.05) is 13.6 Å². The molecule has 0 saturated heterocycles. The van der Waals surface area contributed by atoms with Gasteiger partial charge in [0.25, 0.3) is 0 Å². The number of hydrogen-bond acceptors (Lipinski definition) is 2. The number of phenols is 1. The minimum Gasteiger partial charge on any atom is -0.508 e. The van der Waals surface area contributed by atoms with Gasteiger partial charge < -0.3 is 10.4 Å². The van der Waals surface area contributed by atoms with Crippen molar-refractivity contribution in [3.05, 3.63) is 28.5 Å². The average molecular weight is 204 g/mol. The average Bonchev–Trinajstić information content (AvgIpc) is 2.09. The number of benzene rings is 1. The minimum atomic E-state index is -0.495. The summed E-state index contributed by atoms with van der Waals surface area (Å²) in [5.41, 5.74) is 0.566. The molecule has 0 amide bonds. The van der Waals surface area contributed by atoms with E-state index >= 15 is 0 Å². The predicted octanol–water partition coefficient (Wildman–Crippen LogP) is 1.95. The zero-order valence-electron chi connectivity index (χ0n) is 7.27. The molecule has 4 heteroatoms. The number of likely N-dealkylation sites (N-methyl/N-ethyl adjacent to an activating group) is 1. The van der Waals surface area contributed by atoms with E-state index in [1.54, 1.807) is 7.05 Å². The van der Waals surface area contributed by atoms with Gasteiger partial charge in [-0.3, -0.25) is 0 Å². The van der Waals surface area contributed by atoms with Gasteiger partial charge in [0, 0.05) is 6.07 Å². The molecule has 0 aliphatic carbocycles. The second kappa shape index (κ2) is 4.44. The van der Waals surface area contributed by atoms with Crippen LogP contribution in [0.3, 0.4) is 0 Å². The van der Waals surface area contributed by atoms with Gasteiger partial charge in [0.1, 0.15) is 11.6 Å². The zero-order chi connectivity index (χ0) is 9.84.